The van der Waals surface area contributed by atoms with Crippen molar-refractivity contribution in [3.8, 4) is 0 Å². The molecule has 8 heteroatoms. The van der Waals surface area contributed by atoms with E-state index >= 15 is 0 Å². The first kappa shape index (κ1) is 20.8. The van der Waals surface area contributed by atoms with Gasteiger partial charge in [0.1, 0.15) is 11.6 Å². The van der Waals surface area contributed by atoms with Crippen LogP contribution in [0.1, 0.15) is 47.1 Å². The van der Waals surface area contributed by atoms with E-state index in [2.05, 4.69) is 15.0 Å². The van der Waals surface area contributed by atoms with Gasteiger partial charge >= 0.3 is 5.97 Å². The molecule has 3 rings (SSSR count). The molecule has 0 saturated carbocycles. The maximum absolute atomic E-state index is 12.7. The molecule has 0 atom stereocenters. The van der Waals surface area contributed by atoms with Gasteiger partial charge < -0.3 is 19.1 Å². The van der Waals surface area contributed by atoms with Crippen LogP contribution in [0, 0.1) is 13.8 Å². The smallest absolute Gasteiger partial charge is 0.339 e. The summed E-state index contributed by atoms with van der Waals surface area (Å²) in [4.78, 5) is 32.9. The van der Waals surface area contributed by atoms with Crippen LogP contribution in [0.25, 0.3) is 0 Å². The molecule has 1 fully saturated rings. The Balaban J connectivity index is 1.54. The zero-order valence-electron chi connectivity index (χ0n) is 17.3. The highest BCUT2D eigenvalue weighted by atomic mass is 16.5. The molecule has 0 radical (unpaired) electrons. The number of rotatable bonds is 6. The first-order valence-corrected chi connectivity index (χ1v) is 10.1. The Hall–Kier alpha value is -2.90. The van der Waals surface area contributed by atoms with Crippen LogP contribution in [0.5, 0.6) is 0 Å². The van der Waals surface area contributed by atoms with Crippen molar-refractivity contribution in [1.29, 1.82) is 0 Å². The molecular formula is C21H28N4O4. The second kappa shape index (κ2) is 9.54. The van der Waals surface area contributed by atoms with Gasteiger partial charge in [-0.1, -0.05) is 5.16 Å². The molecule has 1 aliphatic heterocycles. The van der Waals surface area contributed by atoms with Gasteiger partial charge in [0.15, 0.2) is 0 Å². The Morgan fingerprint density at radius 3 is 2.66 bits per heavy atom. The Bertz CT molecular complexity index is 827. The number of carbonyl (C=O) groups is 2. The van der Waals surface area contributed by atoms with E-state index in [4.69, 9.17) is 9.26 Å². The van der Waals surface area contributed by atoms with Crippen molar-refractivity contribution in [3.05, 3.63) is 40.9 Å². The molecule has 2 aromatic rings. The zero-order valence-corrected chi connectivity index (χ0v) is 17.3. The number of hydrogen-bond acceptors (Lipinski definition) is 7. The van der Waals surface area contributed by atoms with E-state index in [1.54, 1.807) is 19.2 Å². The van der Waals surface area contributed by atoms with Gasteiger partial charge in [-0.3, -0.25) is 4.79 Å². The molecule has 3 heterocycles. The van der Waals surface area contributed by atoms with E-state index in [0.29, 0.717) is 38.1 Å². The molecule has 8 nitrogen and oxygen atoms in total. The number of pyridine rings is 1. The van der Waals surface area contributed by atoms with Crippen LogP contribution < -0.4 is 4.90 Å². The quantitative estimate of drug-likeness (QED) is 0.689. The number of aryl methyl sites for hydroxylation is 2. The summed E-state index contributed by atoms with van der Waals surface area (Å²) >= 11 is 0. The fraction of sp³-hybridized carbons (Fsp3) is 0.524. The number of hydrogen-bond donors (Lipinski definition) is 0. The van der Waals surface area contributed by atoms with Crippen LogP contribution in [0.2, 0.25) is 0 Å². The fourth-order valence-electron chi connectivity index (χ4n) is 3.55. The van der Waals surface area contributed by atoms with Gasteiger partial charge in [0, 0.05) is 44.4 Å². The molecule has 2 aromatic heterocycles. The molecule has 156 valence electrons. The zero-order chi connectivity index (χ0) is 20.8. The van der Waals surface area contributed by atoms with E-state index in [1.165, 1.54) is 0 Å². The molecule has 1 amide bonds. The van der Waals surface area contributed by atoms with Crippen molar-refractivity contribution in [1.82, 2.24) is 15.0 Å². The lowest BCUT2D eigenvalue weighted by atomic mass is 10.1. The highest BCUT2D eigenvalue weighted by molar-refractivity contribution is 5.89. The van der Waals surface area contributed by atoms with Gasteiger partial charge in [-0.25, -0.2) is 9.78 Å². The minimum Gasteiger partial charge on any atom is -0.462 e. The Morgan fingerprint density at radius 2 is 2.00 bits per heavy atom. The maximum Gasteiger partial charge on any atom is 0.339 e. The van der Waals surface area contributed by atoms with Crippen molar-refractivity contribution in [2.75, 3.05) is 37.7 Å². The third kappa shape index (κ3) is 5.13. The second-order valence-corrected chi connectivity index (χ2v) is 7.15. The second-order valence-electron chi connectivity index (χ2n) is 7.15. The molecule has 0 bridgehead atoms. The number of esters is 1. The molecule has 0 N–H and O–H groups in total. The van der Waals surface area contributed by atoms with Crippen molar-refractivity contribution < 1.29 is 18.8 Å². The minimum absolute atomic E-state index is 0.150. The topological polar surface area (TPSA) is 88.8 Å². The summed E-state index contributed by atoms with van der Waals surface area (Å²) in [5, 5.41) is 3.95. The first-order valence-electron chi connectivity index (χ1n) is 10.1. The lowest BCUT2D eigenvalue weighted by Gasteiger charge is -2.23. The summed E-state index contributed by atoms with van der Waals surface area (Å²) < 4.78 is 10.2. The fourth-order valence-corrected chi connectivity index (χ4v) is 3.55. The average molecular weight is 400 g/mol. The minimum atomic E-state index is -0.363. The van der Waals surface area contributed by atoms with E-state index in [0.717, 1.165) is 42.3 Å². The highest BCUT2D eigenvalue weighted by Crippen LogP contribution is 2.17. The van der Waals surface area contributed by atoms with Crippen LogP contribution in [-0.2, 0) is 16.0 Å². The number of carbonyl (C=O) groups excluding carboxylic acids is 2. The van der Waals surface area contributed by atoms with Gasteiger partial charge in [0.05, 0.1) is 17.9 Å². The van der Waals surface area contributed by atoms with Crippen molar-refractivity contribution in [3.63, 3.8) is 0 Å². The van der Waals surface area contributed by atoms with Crippen LogP contribution >= 0.6 is 0 Å². The van der Waals surface area contributed by atoms with Gasteiger partial charge in [0.2, 0.25) is 5.91 Å². The Labute approximate surface area is 170 Å². The van der Waals surface area contributed by atoms with Crippen LogP contribution in [0.15, 0.2) is 22.9 Å². The standard InChI is InChI=1S/C21H28N4O4/c1-4-28-21(27)17-6-8-19(22-14-17)24-10-5-11-25(13-12-24)20(26)9-7-18-15(2)23-29-16(18)3/h6,8,14H,4-5,7,9-13H2,1-3H3. The summed E-state index contributed by atoms with van der Waals surface area (Å²) in [6.45, 7) is 8.82. The van der Waals surface area contributed by atoms with Gasteiger partial charge in [-0.2, -0.15) is 0 Å². The van der Waals surface area contributed by atoms with Gasteiger partial charge in [-0.15, -0.1) is 0 Å². The SMILES string of the molecule is CCOC(=O)c1ccc(N2CCCN(C(=O)CCc3c(C)noc3C)CC2)nc1. The molecule has 0 aromatic carbocycles. The number of nitrogens with zero attached hydrogens (tertiary/aromatic N) is 4. The van der Waals surface area contributed by atoms with Crippen LogP contribution in [0.4, 0.5) is 5.82 Å². The molecule has 1 aliphatic rings. The number of ether oxygens (including phenoxy) is 1. The number of amides is 1. The Morgan fingerprint density at radius 1 is 1.17 bits per heavy atom. The molecule has 0 unspecified atom stereocenters. The number of aromatic nitrogens is 2. The molecule has 1 saturated heterocycles. The number of anilines is 1. The van der Waals surface area contributed by atoms with E-state index < -0.39 is 0 Å². The van der Waals surface area contributed by atoms with Gasteiger partial charge in [0.25, 0.3) is 0 Å². The average Bonchev–Trinajstić information content (AvgIpc) is 2.91. The summed E-state index contributed by atoms with van der Waals surface area (Å²) in [7, 11) is 0. The van der Waals surface area contributed by atoms with Crippen molar-refractivity contribution in [2.45, 2.75) is 40.0 Å². The summed E-state index contributed by atoms with van der Waals surface area (Å²) in [6, 6.07) is 3.57. The third-order valence-corrected chi connectivity index (χ3v) is 5.20. The van der Waals surface area contributed by atoms with E-state index in [9.17, 15) is 9.59 Å². The normalized spacial score (nSPS) is 14.6. The highest BCUT2D eigenvalue weighted by Gasteiger charge is 2.21. The van der Waals surface area contributed by atoms with Crippen LogP contribution in [0.3, 0.4) is 0 Å². The Kier molecular flexibility index (Phi) is 6.85. The lowest BCUT2D eigenvalue weighted by Crippen LogP contribution is -2.35. The van der Waals surface area contributed by atoms with E-state index in [1.807, 2.05) is 24.8 Å². The lowest BCUT2D eigenvalue weighted by molar-refractivity contribution is -0.130. The van der Waals surface area contributed by atoms with Crippen LogP contribution in [-0.4, -0.2) is 59.7 Å². The van der Waals surface area contributed by atoms with Gasteiger partial charge in [-0.05, 0) is 45.7 Å². The molecule has 0 aliphatic carbocycles. The molecule has 0 spiro atoms. The maximum atomic E-state index is 12.7. The predicted octanol–water partition coefficient (Wildman–Crippen LogP) is 2.53. The van der Waals surface area contributed by atoms with Crippen molar-refractivity contribution >= 4 is 17.7 Å². The summed E-state index contributed by atoms with van der Waals surface area (Å²) in [5.74, 6) is 1.38. The third-order valence-electron chi connectivity index (χ3n) is 5.20. The monoisotopic (exact) mass is 400 g/mol. The van der Waals surface area contributed by atoms with Crippen molar-refractivity contribution in [2.24, 2.45) is 0 Å². The predicted molar refractivity (Wildman–Crippen MR) is 108 cm³/mol. The summed E-state index contributed by atoms with van der Waals surface area (Å²) in [6.07, 6.45) is 3.52. The first-order chi connectivity index (χ1) is 14.0. The summed E-state index contributed by atoms with van der Waals surface area (Å²) in [5.41, 5.74) is 2.33. The largest absolute Gasteiger partial charge is 0.462 e. The molecule has 29 heavy (non-hydrogen) atoms. The molecular weight excluding hydrogens is 372 g/mol. The van der Waals surface area contributed by atoms with E-state index in [-0.39, 0.29) is 11.9 Å².